The van der Waals surface area contributed by atoms with E-state index in [1.165, 1.54) is 23.1 Å². The molecule has 3 aliphatic rings. The highest BCUT2D eigenvalue weighted by Gasteiger charge is 2.44. The number of ether oxygens (including phenoxy) is 3. The molecule has 0 saturated carbocycles. The SMILES string of the molecule is CCOC(=O)C1=Cc2cc(F)c(N3CCC4(CC3)OCC(CNC)O4)nc2N(c2ccc(F)cc2F)C1. The van der Waals surface area contributed by atoms with Gasteiger partial charge in [0, 0.05) is 44.1 Å². The van der Waals surface area contributed by atoms with Gasteiger partial charge in [0.05, 0.1) is 37.1 Å². The molecule has 37 heavy (non-hydrogen) atoms. The first-order valence-electron chi connectivity index (χ1n) is 12.3. The van der Waals surface area contributed by atoms with E-state index in [4.69, 9.17) is 14.2 Å². The summed E-state index contributed by atoms with van der Waals surface area (Å²) < 4.78 is 61.0. The molecule has 2 fully saturated rings. The number of esters is 1. The summed E-state index contributed by atoms with van der Waals surface area (Å²) in [6.07, 6.45) is 2.54. The molecule has 1 aromatic carbocycles. The average molecular weight is 519 g/mol. The second-order valence-electron chi connectivity index (χ2n) is 9.28. The number of piperidine rings is 1. The van der Waals surface area contributed by atoms with Crippen molar-refractivity contribution in [3.63, 3.8) is 0 Å². The van der Waals surface area contributed by atoms with Crippen LogP contribution in [-0.4, -0.2) is 69.3 Å². The Morgan fingerprint density at radius 1 is 1.19 bits per heavy atom. The molecule has 1 aromatic heterocycles. The fraction of sp³-hybridized carbons (Fsp3) is 0.462. The van der Waals surface area contributed by atoms with Crippen LogP contribution in [0.3, 0.4) is 0 Å². The number of carbonyl (C=O) groups is 1. The van der Waals surface area contributed by atoms with Gasteiger partial charge in [0.15, 0.2) is 17.4 Å². The number of benzene rings is 1. The molecule has 4 heterocycles. The van der Waals surface area contributed by atoms with Gasteiger partial charge in [-0.1, -0.05) is 0 Å². The largest absolute Gasteiger partial charge is 0.463 e. The number of halogens is 3. The van der Waals surface area contributed by atoms with Crippen molar-refractivity contribution in [1.29, 1.82) is 0 Å². The Balaban J connectivity index is 1.46. The third-order valence-electron chi connectivity index (χ3n) is 6.79. The van der Waals surface area contributed by atoms with E-state index in [0.29, 0.717) is 44.6 Å². The zero-order valence-electron chi connectivity index (χ0n) is 20.7. The molecule has 2 saturated heterocycles. The lowest BCUT2D eigenvalue weighted by Gasteiger charge is -2.39. The van der Waals surface area contributed by atoms with Crippen molar-refractivity contribution >= 4 is 29.4 Å². The third-order valence-corrected chi connectivity index (χ3v) is 6.79. The summed E-state index contributed by atoms with van der Waals surface area (Å²) in [4.78, 5) is 20.3. The van der Waals surface area contributed by atoms with E-state index in [9.17, 15) is 13.6 Å². The second-order valence-corrected chi connectivity index (χ2v) is 9.28. The van der Waals surface area contributed by atoms with E-state index in [1.54, 1.807) is 6.92 Å². The van der Waals surface area contributed by atoms with Crippen LogP contribution in [0.1, 0.15) is 25.3 Å². The Morgan fingerprint density at radius 2 is 1.97 bits per heavy atom. The molecule has 198 valence electrons. The second kappa shape index (κ2) is 10.3. The molecule has 1 atom stereocenters. The van der Waals surface area contributed by atoms with E-state index in [1.807, 2.05) is 11.9 Å². The number of fused-ring (bicyclic) bond motifs is 1. The summed E-state index contributed by atoms with van der Waals surface area (Å²) in [5, 5.41) is 3.08. The highest BCUT2D eigenvalue weighted by molar-refractivity contribution is 5.98. The molecule has 1 spiro atoms. The molecule has 0 radical (unpaired) electrons. The third kappa shape index (κ3) is 5.03. The number of hydrogen-bond donors (Lipinski definition) is 1. The number of nitrogens with one attached hydrogen (secondary N) is 1. The number of aromatic nitrogens is 1. The van der Waals surface area contributed by atoms with Gasteiger partial charge in [-0.2, -0.15) is 0 Å². The minimum atomic E-state index is -0.824. The molecule has 1 N–H and O–H groups in total. The van der Waals surface area contributed by atoms with Crippen LogP contribution in [-0.2, 0) is 19.0 Å². The Hall–Kier alpha value is -3.15. The molecule has 1 unspecified atom stereocenters. The quantitative estimate of drug-likeness (QED) is 0.583. The van der Waals surface area contributed by atoms with Gasteiger partial charge in [-0.15, -0.1) is 0 Å². The van der Waals surface area contributed by atoms with E-state index in [0.717, 1.165) is 12.1 Å². The smallest absolute Gasteiger partial charge is 0.335 e. The average Bonchev–Trinajstić information content (AvgIpc) is 3.26. The van der Waals surface area contributed by atoms with Crippen LogP contribution in [0.25, 0.3) is 6.08 Å². The van der Waals surface area contributed by atoms with Crippen molar-refractivity contribution in [1.82, 2.24) is 10.3 Å². The lowest BCUT2D eigenvalue weighted by Crippen LogP contribution is -2.46. The summed E-state index contributed by atoms with van der Waals surface area (Å²) in [5.41, 5.74) is 0.521. The van der Waals surface area contributed by atoms with Crippen LogP contribution in [0.5, 0.6) is 0 Å². The number of pyridine rings is 1. The summed E-state index contributed by atoms with van der Waals surface area (Å²) in [5.74, 6) is -3.05. The molecule has 11 heteroatoms. The number of carbonyl (C=O) groups excluding carboxylic acids is 1. The van der Waals surface area contributed by atoms with Crippen LogP contribution in [0.2, 0.25) is 0 Å². The summed E-state index contributed by atoms with van der Waals surface area (Å²) in [6, 6.07) is 4.43. The van der Waals surface area contributed by atoms with Crippen molar-refractivity contribution in [2.45, 2.75) is 31.7 Å². The fourth-order valence-electron chi connectivity index (χ4n) is 5.02. The van der Waals surface area contributed by atoms with E-state index in [-0.39, 0.29) is 42.2 Å². The molecule has 8 nitrogen and oxygen atoms in total. The lowest BCUT2D eigenvalue weighted by molar-refractivity contribution is -0.179. The molecule has 2 aromatic rings. The van der Waals surface area contributed by atoms with Crippen LogP contribution in [0.4, 0.5) is 30.5 Å². The van der Waals surface area contributed by atoms with Gasteiger partial charge in [-0.25, -0.2) is 22.9 Å². The highest BCUT2D eigenvalue weighted by atomic mass is 19.1. The van der Waals surface area contributed by atoms with Gasteiger partial charge in [0.1, 0.15) is 17.5 Å². The number of rotatable bonds is 6. The van der Waals surface area contributed by atoms with Crippen molar-refractivity contribution in [3.05, 3.63) is 52.9 Å². The van der Waals surface area contributed by atoms with Gasteiger partial charge in [0.25, 0.3) is 0 Å². The normalized spacial score (nSPS) is 20.7. The molecular formula is C26H29F3N4O4. The van der Waals surface area contributed by atoms with Crippen LogP contribution < -0.4 is 15.1 Å². The number of nitrogens with zero attached hydrogens (tertiary/aromatic N) is 3. The van der Waals surface area contributed by atoms with Crippen LogP contribution >= 0.6 is 0 Å². The Bertz CT molecular complexity index is 1220. The first-order valence-corrected chi connectivity index (χ1v) is 12.3. The molecule has 5 rings (SSSR count). The minimum Gasteiger partial charge on any atom is -0.463 e. The monoisotopic (exact) mass is 518 g/mol. The number of hydrogen-bond acceptors (Lipinski definition) is 8. The predicted octanol–water partition coefficient (Wildman–Crippen LogP) is 3.53. The van der Waals surface area contributed by atoms with Crippen LogP contribution in [0.15, 0.2) is 29.8 Å². The Morgan fingerprint density at radius 3 is 2.68 bits per heavy atom. The van der Waals surface area contributed by atoms with Crippen molar-refractivity contribution in [2.75, 3.05) is 56.2 Å². The van der Waals surface area contributed by atoms with Crippen molar-refractivity contribution in [2.24, 2.45) is 0 Å². The lowest BCUT2D eigenvalue weighted by atomic mass is 10.0. The molecule has 0 aliphatic carbocycles. The molecule has 3 aliphatic heterocycles. The van der Waals surface area contributed by atoms with Crippen molar-refractivity contribution < 1.29 is 32.2 Å². The zero-order valence-corrected chi connectivity index (χ0v) is 20.7. The molecule has 0 bridgehead atoms. The maximum absolute atomic E-state index is 15.4. The predicted molar refractivity (Wildman–Crippen MR) is 131 cm³/mol. The highest BCUT2D eigenvalue weighted by Crippen LogP contribution is 2.40. The van der Waals surface area contributed by atoms with Gasteiger partial charge in [-0.05, 0) is 38.2 Å². The molecular weight excluding hydrogens is 489 g/mol. The fourth-order valence-corrected chi connectivity index (χ4v) is 5.02. The number of likely N-dealkylation sites (N-methyl/N-ethyl adjacent to an activating group) is 1. The molecule has 0 amide bonds. The standard InChI is InChI=1S/C26H29F3N4O4/c1-3-35-25(34)17-10-16-11-21(29)24(31-23(16)33(14-17)22-5-4-18(27)12-20(22)28)32-8-6-26(7-9-32)36-15-19(37-26)13-30-2/h4-5,10-12,19,30H,3,6-9,13-15H2,1-2H3. The minimum absolute atomic E-state index is 0.0172. The van der Waals surface area contributed by atoms with Gasteiger partial charge >= 0.3 is 5.97 Å². The zero-order chi connectivity index (χ0) is 26.2. The van der Waals surface area contributed by atoms with Gasteiger partial charge in [-0.3, -0.25) is 0 Å². The Kier molecular flexibility index (Phi) is 7.11. The first kappa shape index (κ1) is 25.5. The summed E-state index contributed by atoms with van der Waals surface area (Å²) in [6.45, 7) is 3.84. The number of anilines is 3. The summed E-state index contributed by atoms with van der Waals surface area (Å²) >= 11 is 0. The maximum Gasteiger partial charge on any atom is 0.335 e. The van der Waals surface area contributed by atoms with Crippen molar-refractivity contribution in [3.8, 4) is 0 Å². The van der Waals surface area contributed by atoms with Gasteiger partial charge in [0.2, 0.25) is 0 Å². The Labute approximate surface area is 213 Å². The van der Waals surface area contributed by atoms with Crippen LogP contribution in [0, 0.1) is 17.5 Å². The van der Waals surface area contributed by atoms with E-state index < -0.39 is 29.2 Å². The van der Waals surface area contributed by atoms with E-state index >= 15 is 4.39 Å². The van der Waals surface area contributed by atoms with Gasteiger partial charge < -0.3 is 29.3 Å². The maximum atomic E-state index is 15.4. The first-order chi connectivity index (χ1) is 17.8. The topological polar surface area (TPSA) is 76.2 Å². The van der Waals surface area contributed by atoms with E-state index in [2.05, 4.69) is 10.3 Å². The summed E-state index contributed by atoms with van der Waals surface area (Å²) in [7, 11) is 1.85.